The van der Waals surface area contributed by atoms with Crippen molar-refractivity contribution in [2.24, 2.45) is 0 Å². The number of amides is 1. The summed E-state index contributed by atoms with van der Waals surface area (Å²) in [6.07, 6.45) is 0. The van der Waals surface area contributed by atoms with Crippen molar-refractivity contribution in [2.75, 3.05) is 11.2 Å². The summed E-state index contributed by atoms with van der Waals surface area (Å²) in [5, 5.41) is 2.45. The Kier molecular flexibility index (Phi) is 3.68. The van der Waals surface area contributed by atoms with E-state index in [9.17, 15) is 4.79 Å². The highest BCUT2D eigenvalue weighted by atomic mass is 32.1. The van der Waals surface area contributed by atoms with Crippen LogP contribution < -0.4 is 11.2 Å². The highest BCUT2D eigenvalue weighted by Gasteiger charge is 2.15. The Bertz CT molecular complexity index is 820. The molecule has 0 fully saturated rings. The van der Waals surface area contributed by atoms with Gasteiger partial charge >= 0.3 is 0 Å². The van der Waals surface area contributed by atoms with Crippen molar-refractivity contribution in [1.82, 2.24) is 9.66 Å². The summed E-state index contributed by atoms with van der Waals surface area (Å²) in [6.45, 7) is 3.89. The second-order valence-corrected chi connectivity index (χ2v) is 5.89. The second-order valence-electron chi connectivity index (χ2n) is 5.00. The first kappa shape index (κ1) is 14.3. The Morgan fingerprint density at radius 2 is 2.00 bits per heavy atom. The van der Waals surface area contributed by atoms with Gasteiger partial charge in [0.05, 0.1) is 5.69 Å². The third-order valence-electron chi connectivity index (χ3n) is 3.48. The number of anilines is 1. The van der Waals surface area contributed by atoms with E-state index < -0.39 is 0 Å². The normalized spacial score (nSPS) is 10.6. The van der Waals surface area contributed by atoms with E-state index in [0.717, 1.165) is 22.6 Å². The van der Waals surface area contributed by atoms with E-state index in [1.165, 1.54) is 11.3 Å². The predicted molar refractivity (Wildman–Crippen MR) is 89.6 cm³/mol. The van der Waals surface area contributed by atoms with Crippen LogP contribution in [0.4, 0.5) is 5.13 Å². The molecule has 0 unspecified atom stereocenters. The molecule has 1 aromatic carbocycles. The number of aryl methyl sites for hydroxylation is 1. The molecule has 0 aliphatic rings. The number of carbonyl (C=O) groups excluding carboxylic acids is 1. The fraction of sp³-hybridized carbons (Fsp3) is 0.125. The third kappa shape index (κ3) is 2.60. The Morgan fingerprint density at radius 3 is 2.64 bits per heavy atom. The van der Waals surface area contributed by atoms with Gasteiger partial charge in [-0.25, -0.2) is 4.98 Å². The number of aromatic nitrogens is 2. The molecule has 0 aliphatic heterocycles. The minimum atomic E-state index is -0.147. The SMILES string of the molecule is Cc1cc(-c2csc(N)n2)c(C)n1NC(=O)c1ccccc1. The van der Waals surface area contributed by atoms with Crippen LogP contribution in [0.3, 0.4) is 0 Å². The molecule has 0 bridgehead atoms. The molecule has 0 aliphatic carbocycles. The van der Waals surface area contributed by atoms with Crippen LogP contribution in [-0.2, 0) is 0 Å². The lowest BCUT2D eigenvalue weighted by Crippen LogP contribution is -2.24. The van der Waals surface area contributed by atoms with Crippen LogP contribution >= 0.6 is 11.3 Å². The summed E-state index contributed by atoms with van der Waals surface area (Å²) < 4.78 is 1.78. The number of nitrogens with two attached hydrogens (primary N) is 1. The molecule has 5 nitrogen and oxygen atoms in total. The van der Waals surface area contributed by atoms with Gasteiger partial charge in [0.25, 0.3) is 5.91 Å². The molecule has 3 aromatic rings. The van der Waals surface area contributed by atoms with Crippen LogP contribution in [0.5, 0.6) is 0 Å². The van der Waals surface area contributed by atoms with Gasteiger partial charge in [0.1, 0.15) is 0 Å². The minimum Gasteiger partial charge on any atom is -0.375 e. The first-order valence-electron chi connectivity index (χ1n) is 6.83. The molecule has 2 aromatic heterocycles. The van der Waals surface area contributed by atoms with E-state index in [0.29, 0.717) is 10.7 Å². The molecule has 0 saturated carbocycles. The lowest BCUT2D eigenvalue weighted by atomic mass is 10.2. The highest BCUT2D eigenvalue weighted by molar-refractivity contribution is 7.13. The number of nitrogens with zero attached hydrogens (tertiary/aromatic N) is 2. The van der Waals surface area contributed by atoms with E-state index in [4.69, 9.17) is 5.73 Å². The quantitative estimate of drug-likeness (QED) is 0.780. The van der Waals surface area contributed by atoms with Crippen LogP contribution in [0.25, 0.3) is 11.3 Å². The maximum Gasteiger partial charge on any atom is 0.270 e. The Balaban J connectivity index is 1.92. The molecular formula is C16H16N4OS. The van der Waals surface area contributed by atoms with Crippen LogP contribution in [0.2, 0.25) is 0 Å². The number of rotatable bonds is 3. The Morgan fingerprint density at radius 1 is 1.27 bits per heavy atom. The predicted octanol–water partition coefficient (Wildman–Crippen LogP) is 3.19. The molecular weight excluding hydrogens is 296 g/mol. The van der Waals surface area contributed by atoms with Crippen LogP contribution in [0.1, 0.15) is 21.7 Å². The summed E-state index contributed by atoms with van der Waals surface area (Å²) in [5.41, 5.74) is 12.9. The van der Waals surface area contributed by atoms with Gasteiger partial charge in [0.15, 0.2) is 5.13 Å². The molecule has 0 radical (unpaired) electrons. The molecule has 3 N–H and O–H groups in total. The molecule has 6 heteroatoms. The van der Waals surface area contributed by atoms with Crippen molar-refractivity contribution in [3.63, 3.8) is 0 Å². The molecule has 0 spiro atoms. The van der Waals surface area contributed by atoms with Crippen molar-refractivity contribution >= 4 is 22.4 Å². The average Bonchev–Trinajstić information content (AvgIpc) is 3.06. The Hall–Kier alpha value is -2.60. The molecule has 2 heterocycles. The molecule has 0 saturated heterocycles. The zero-order valence-electron chi connectivity index (χ0n) is 12.3. The molecule has 1 amide bonds. The maximum absolute atomic E-state index is 12.3. The van der Waals surface area contributed by atoms with Crippen molar-refractivity contribution in [3.8, 4) is 11.3 Å². The zero-order chi connectivity index (χ0) is 15.7. The van der Waals surface area contributed by atoms with E-state index in [-0.39, 0.29) is 5.91 Å². The number of carbonyl (C=O) groups is 1. The monoisotopic (exact) mass is 312 g/mol. The summed E-state index contributed by atoms with van der Waals surface area (Å²) in [5.74, 6) is -0.147. The maximum atomic E-state index is 12.3. The van der Waals surface area contributed by atoms with Crippen LogP contribution in [0, 0.1) is 13.8 Å². The summed E-state index contributed by atoms with van der Waals surface area (Å²) in [4.78, 5) is 16.6. The van der Waals surface area contributed by atoms with Crippen LogP contribution in [0.15, 0.2) is 41.8 Å². The van der Waals surface area contributed by atoms with E-state index in [1.807, 2.05) is 43.5 Å². The van der Waals surface area contributed by atoms with Gasteiger partial charge in [-0.05, 0) is 32.0 Å². The summed E-state index contributed by atoms with van der Waals surface area (Å²) in [6, 6.07) is 11.1. The van der Waals surface area contributed by atoms with E-state index >= 15 is 0 Å². The molecule has 22 heavy (non-hydrogen) atoms. The number of benzene rings is 1. The zero-order valence-corrected chi connectivity index (χ0v) is 13.1. The number of hydrogen-bond acceptors (Lipinski definition) is 4. The van der Waals surface area contributed by atoms with E-state index in [1.54, 1.807) is 16.8 Å². The molecule has 3 rings (SSSR count). The van der Waals surface area contributed by atoms with E-state index in [2.05, 4.69) is 10.4 Å². The standard InChI is InChI=1S/C16H16N4OS/c1-10-8-13(14-9-22-16(17)18-14)11(2)20(10)19-15(21)12-6-4-3-5-7-12/h3-9H,1-2H3,(H2,17,18)(H,19,21). The van der Waals surface area contributed by atoms with Gasteiger partial charge < -0.3 is 5.73 Å². The fourth-order valence-electron chi connectivity index (χ4n) is 2.36. The van der Waals surface area contributed by atoms with Crippen molar-refractivity contribution in [2.45, 2.75) is 13.8 Å². The van der Waals surface area contributed by atoms with Gasteiger partial charge in [-0.3, -0.25) is 14.9 Å². The van der Waals surface area contributed by atoms with Gasteiger partial charge in [-0.15, -0.1) is 11.3 Å². The number of nitrogen functional groups attached to an aromatic ring is 1. The topological polar surface area (TPSA) is 72.9 Å². The number of hydrogen-bond donors (Lipinski definition) is 2. The molecule has 112 valence electrons. The second kappa shape index (κ2) is 5.65. The fourth-order valence-corrected chi connectivity index (χ4v) is 2.92. The van der Waals surface area contributed by atoms with Gasteiger partial charge in [-0.1, -0.05) is 18.2 Å². The lowest BCUT2D eigenvalue weighted by Gasteiger charge is -2.11. The third-order valence-corrected chi connectivity index (χ3v) is 4.15. The lowest BCUT2D eigenvalue weighted by molar-refractivity contribution is 0.101. The number of nitrogens with one attached hydrogen (secondary N) is 1. The van der Waals surface area contributed by atoms with Crippen LogP contribution in [-0.4, -0.2) is 15.6 Å². The van der Waals surface area contributed by atoms with Gasteiger partial charge in [-0.2, -0.15) is 0 Å². The van der Waals surface area contributed by atoms with Gasteiger partial charge in [0, 0.05) is 27.9 Å². The largest absolute Gasteiger partial charge is 0.375 e. The molecule has 0 atom stereocenters. The van der Waals surface area contributed by atoms with Crippen molar-refractivity contribution in [1.29, 1.82) is 0 Å². The first-order chi connectivity index (χ1) is 10.6. The Labute approximate surface area is 132 Å². The minimum absolute atomic E-state index is 0.147. The smallest absolute Gasteiger partial charge is 0.270 e. The average molecular weight is 312 g/mol. The van der Waals surface area contributed by atoms with Crippen molar-refractivity contribution in [3.05, 3.63) is 58.7 Å². The first-order valence-corrected chi connectivity index (χ1v) is 7.71. The van der Waals surface area contributed by atoms with Crippen molar-refractivity contribution < 1.29 is 4.79 Å². The van der Waals surface area contributed by atoms with Gasteiger partial charge in [0.2, 0.25) is 0 Å². The highest BCUT2D eigenvalue weighted by Crippen LogP contribution is 2.28. The summed E-state index contributed by atoms with van der Waals surface area (Å²) in [7, 11) is 0. The summed E-state index contributed by atoms with van der Waals surface area (Å²) >= 11 is 1.40. The number of thiazole rings is 1.